The van der Waals surface area contributed by atoms with Crippen LogP contribution in [0.15, 0.2) is 4.99 Å². The standard InChI is InChI=1S/C15H26N6/c1-3-13-19-14-9-8-12(10-21(14)20-13)18-15(16-4-2)17-11-6-5-7-11/h11-12H,3-10H2,1-2H3,(H2,16,17,18). The van der Waals surface area contributed by atoms with Crippen LogP contribution in [0.2, 0.25) is 0 Å². The molecular weight excluding hydrogens is 264 g/mol. The van der Waals surface area contributed by atoms with E-state index in [4.69, 9.17) is 0 Å². The average Bonchev–Trinajstić information content (AvgIpc) is 2.85. The predicted molar refractivity (Wildman–Crippen MR) is 83.4 cm³/mol. The normalized spacial score (nSPS) is 22.6. The third-order valence-corrected chi connectivity index (χ3v) is 4.32. The smallest absolute Gasteiger partial charge is 0.191 e. The second-order valence-corrected chi connectivity index (χ2v) is 5.95. The third-order valence-electron chi connectivity index (χ3n) is 4.32. The summed E-state index contributed by atoms with van der Waals surface area (Å²) in [5, 5.41) is 11.7. The molecule has 1 aliphatic heterocycles. The van der Waals surface area contributed by atoms with Gasteiger partial charge in [0.15, 0.2) is 11.8 Å². The predicted octanol–water partition coefficient (Wildman–Crippen LogP) is 1.26. The largest absolute Gasteiger partial charge is 0.354 e. The Labute approximate surface area is 126 Å². The minimum atomic E-state index is 0.391. The van der Waals surface area contributed by atoms with Gasteiger partial charge in [-0.25, -0.2) is 9.67 Å². The molecule has 1 fully saturated rings. The number of aryl methyl sites for hydroxylation is 2. The van der Waals surface area contributed by atoms with Gasteiger partial charge in [0.05, 0.1) is 6.54 Å². The van der Waals surface area contributed by atoms with Gasteiger partial charge < -0.3 is 10.6 Å². The van der Waals surface area contributed by atoms with E-state index >= 15 is 0 Å². The molecule has 21 heavy (non-hydrogen) atoms. The molecule has 6 heteroatoms. The molecule has 0 amide bonds. The summed E-state index contributed by atoms with van der Waals surface area (Å²) in [6, 6.07) is 1.00. The van der Waals surface area contributed by atoms with Crippen molar-refractivity contribution in [2.45, 2.75) is 71.0 Å². The van der Waals surface area contributed by atoms with E-state index in [-0.39, 0.29) is 0 Å². The van der Waals surface area contributed by atoms with Crippen molar-refractivity contribution in [2.24, 2.45) is 4.99 Å². The van der Waals surface area contributed by atoms with E-state index in [0.717, 1.165) is 50.0 Å². The van der Waals surface area contributed by atoms with Crippen LogP contribution in [0.1, 0.15) is 51.2 Å². The summed E-state index contributed by atoms with van der Waals surface area (Å²) in [5.41, 5.74) is 0. The van der Waals surface area contributed by atoms with Crippen molar-refractivity contribution in [2.75, 3.05) is 6.54 Å². The Morgan fingerprint density at radius 2 is 2.05 bits per heavy atom. The summed E-state index contributed by atoms with van der Waals surface area (Å²) in [5.74, 6) is 3.05. The summed E-state index contributed by atoms with van der Waals surface area (Å²) in [7, 11) is 0. The highest BCUT2D eigenvalue weighted by atomic mass is 15.4. The van der Waals surface area contributed by atoms with Gasteiger partial charge in [-0.1, -0.05) is 6.92 Å². The van der Waals surface area contributed by atoms with Crippen LogP contribution >= 0.6 is 0 Å². The lowest BCUT2D eigenvalue weighted by Crippen LogP contribution is -2.51. The lowest BCUT2D eigenvalue weighted by Gasteiger charge is -2.31. The Hall–Kier alpha value is -1.59. The van der Waals surface area contributed by atoms with E-state index in [2.05, 4.69) is 44.2 Å². The molecule has 2 heterocycles. The van der Waals surface area contributed by atoms with Crippen LogP contribution < -0.4 is 10.6 Å². The number of nitrogens with zero attached hydrogens (tertiary/aromatic N) is 4. The summed E-state index contributed by atoms with van der Waals surface area (Å²) >= 11 is 0. The summed E-state index contributed by atoms with van der Waals surface area (Å²) in [6.07, 6.45) is 6.86. The van der Waals surface area contributed by atoms with Crippen molar-refractivity contribution in [1.82, 2.24) is 25.4 Å². The number of nitrogens with one attached hydrogen (secondary N) is 2. The molecule has 1 aliphatic carbocycles. The summed E-state index contributed by atoms with van der Waals surface area (Å²) in [4.78, 5) is 9.13. The number of guanidine groups is 1. The van der Waals surface area contributed by atoms with Gasteiger partial charge in [0.1, 0.15) is 5.82 Å². The molecule has 3 rings (SSSR count). The number of rotatable bonds is 4. The molecule has 0 bridgehead atoms. The number of aromatic nitrogens is 3. The molecule has 1 unspecified atom stereocenters. The Balaban J connectivity index is 1.60. The van der Waals surface area contributed by atoms with Crippen molar-refractivity contribution < 1.29 is 0 Å². The molecule has 2 aliphatic rings. The van der Waals surface area contributed by atoms with Crippen LogP contribution in [0.3, 0.4) is 0 Å². The molecular formula is C15H26N6. The number of fused-ring (bicyclic) bond motifs is 1. The van der Waals surface area contributed by atoms with Crippen LogP contribution in [0.5, 0.6) is 0 Å². The maximum Gasteiger partial charge on any atom is 0.191 e. The molecule has 0 radical (unpaired) electrons. The highest BCUT2D eigenvalue weighted by Gasteiger charge is 2.24. The fraction of sp³-hybridized carbons (Fsp3) is 0.800. The van der Waals surface area contributed by atoms with Crippen LogP contribution in [0, 0.1) is 0 Å². The Morgan fingerprint density at radius 1 is 1.24 bits per heavy atom. The second kappa shape index (κ2) is 6.45. The van der Waals surface area contributed by atoms with Gasteiger partial charge in [0.2, 0.25) is 0 Å². The van der Waals surface area contributed by atoms with Crippen molar-refractivity contribution in [3.8, 4) is 0 Å². The first-order valence-electron chi connectivity index (χ1n) is 8.28. The summed E-state index contributed by atoms with van der Waals surface area (Å²) in [6.45, 7) is 5.88. The van der Waals surface area contributed by atoms with Crippen molar-refractivity contribution in [3.63, 3.8) is 0 Å². The highest BCUT2D eigenvalue weighted by Crippen LogP contribution is 2.18. The third kappa shape index (κ3) is 3.36. The molecule has 1 aromatic heterocycles. The van der Waals surface area contributed by atoms with Gasteiger partial charge in [-0.3, -0.25) is 4.99 Å². The molecule has 0 spiro atoms. The van der Waals surface area contributed by atoms with Crippen molar-refractivity contribution in [1.29, 1.82) is 0 Å². The first-order chi connectivity index (χ1) is 10.3. The Kier molecular flexibility index (Phi) is 4.41. The zero-order valence-corrected chi connectivity index (χ0v) is 13.1. The zero-order valence-electron chi connectivity index (χ0n) is 13.1. The van der Waals surface area contributed by atoms with Gasteiger partial charge in [0, 0.05) is 31.5 Å². The van der Waals surface area contributed by atoms with Gasteiger partial charge in [0.25, 0.3) is 0 Å². The second-order valence-electron chi connectivity index (χ2n) is 5.95. The van der Waals surface area contributed by atoms with Crippen LogP contribution in [0.25, 0.3) is 0 Å². The fourth-order valence-corrected chi connectivity index (χ4v) is 2.86. The first-order valence-corrected chi connectivity index (χ1v) is 8.28. The zero-order chi connectivity index (χ0) is 14.7. The van der Waals surface area contributed by atoms with Gasteiger partial charge in [-0.05, 0) is 32.6 Å². The lowest BCUT2D eigenvalue weighted by atomic mass is 9.93. The van der Waals surface area contributed by atoms with Crippen LogP contribution in [-0.2, 0) is 19.4 Å². The maximum atomic E-state index is 4.57. The monoisotopic (exact) mass is 290 g/mol. The van der Waals surface area contributed by atoms with Gasteiger partial charge >= 0.3 is 0 Å². The molecule has 1 aromatic rings. The quantitative estimate of drug-likeness (QED) is 0.647. The van der Waals surface area contributed by atoms with Crippen molar-refractivity contribution >= 4 is 5.96 Å². The van der Waals surface area contributed by atoms with E-state index in [0.29, 0.717) is 12.1 Å². The topological polar surface area (TPSA) is 67.1 Å². The van der Waals surface area contributed by atoms with E-state index < -0.39 is 0 Å². The molecule has 1 saturated carbocycles. The Bertz CT molecular complexity index is 502. The maximum absolute atomic E-state index is 4.57. The molecule has 0 aromatic carbocycles. The minimum Gasteiger partial charge on any atom is -0.354 e. The number of hydrogen-bond donors (Lipinski definition) is 2. The lowest BCUT2D eigenvalue weighted by molar-refractivity contribution is 0.363. The van der Waals surface area contributed by atoms with Gasteiger partial charge in [-0.2, -0.15) is 5.10 Å². The number of hydrogen-bond acceptors (Lipinski definition) is 3. The van der Waals surface area contributed by atoms with E-state index in [1.807, 2.05) is 0 Å². The number of aliphatic imine (C=N–C) groups is 1. The SMILES string of the molecule is CCN=C(NC1CCC1)NC1CCc2nc(CC)nn2C1. The molecule has 1 atom stereocenters. The Morgan fingerprint density at radius 3 is 2.71 bits per heavy atom. The van der Waals surface area contributed by atoms with E-state index in [1.165, 1.54) is 19.3 Å². The molecule has 116 valence electrons. The van der Waals surface area contributed by atoms with Crippen LogP contribution in [0.4, 0.5) is 0 Å². The van der Waals surface area contributed by atoms with E-state index in [1.54, 1.807) is 0 Å². The first kappa shape index (κ1) is 14.4. The molecule has 2 N–H and O–H groups in total. The van der Waals surface area contributed by atoms with E-state index in [9.17, 15) is 0 Å². The molecule has 0 saturated heterocycles. The highest BCUT2D eigenvalue weighted by molar-refractivity contribution is 5.80. The van der Waals surface area contributed by atoms with Gasteiger partial charge in [-0.15, -0.1) is 0 Å². The van der Waals surface area contributed by atoms with Crippen LogP contribution in [-0.4, -0.2) is 39.4 Å². The molecule has 6 nitrogen and oxygen atoms in total. The average molecular weight is 290 g/mol. The van der Waals surface area contributed by atoms with Crippen molar-refractivity contribution in [3.05, 3.63) is 11.6 Å². The summed E-state index contributed by atoms with van der Waals surface area (Å²) < 4.78 is 2.06. The minimum absolute atomic E-state index is 0.391. The fourth-order valence-electron chi connectivity index (χ4n) is 2.86.